The number of thiophene rings is 1. The number of carbonyl (C=O) groups is 1. The number of nitrogens with one attached hydrogen (secondary N) is 1. The van der Waals surface area contributed by atoms with Crippen molar-refractivity contribution in [2.45, 2.75) is 50.8 Å². The van der Waals surface area contributed by atoms with E-state index in [1.165, 1.54) is 29.7 Å². The first kappa shape index (κ1) is 13.0. The molecule has 1 fully saturated rings. The molecule has 106 valence electrons. The first-order chi connectivity index (χ1) is 9.70. The number of thioether (sulfide) groups is 1. The fourth-order valence-corrected chi connectivity index (χ4v) is 5.70. The number of amides is 1. The van der Waals surface area contributed by atoms with Gasteiger partial charge >= 0.3 is 0 Å². The molecule has 4 heteroatoms. The van der Waals surface area contributed by atoms with Gasteiger partial charge < -0.3 is 5.32 Å². The summed E-state index contributed by atoms with van der Waals surface area (Å²) >= 11 is 3.65. The summed E-state index contributed by atoms with van der Waals surface area (Å²) in [7, 11) is 0. The van der Waals surface area contributed by atoms with Gasteiger partial charge in [-0.25, -0.2) is 0 Å². The van der Waals surface area contributed by atoms with E-state index in [2.05, 4.69) is 18.3 Å². The summed E-state index contributed by atoms with van der Waals surface area (Å²) in [5, 5.41) is 3.10. The number of rotatable bonds is 2. The average molecular weight is 305 g/mol. The molecule has 1 aliphatic heterocycles. The molecule has 1 aromatic heterocycles. The van der Waals surface area contributed by atoms with Gasteiger partial charge in [-0.05, 0) is 55.2 Å². The lowest BCUT2D eigenvalue weighted by Gasteiger charge is -2.19. The van der Waals surface area contributed by atoms with Crippen molar-refractivity contribution >= 4 is 35.1 Å². The molecule has 1 N–H and O–H groups in total. The Kier molecular flexibility index (Phi) is 3.19. The third-order valence-corrected chi connectivity index (χ3v) is 6.71. The predicted molar refractivity (Wildman–Crippen MR) is 85.9 cm³/mol. The molecule has 2 aliphatic carbocycles. The highest BCUT2D eigenvalue weighted by atomic mass is 32.2. The normalized spacial score (nSPS) is 24.6. The smallest absolute Gasteiger partial charge is 0.257 e. The minimum atomic E-state index is 0.142. The van der Waals surface area contributed by atoms with Crippen LogP contribution in [0.5, 0.6) is 0 Å². The van der Waals surface area contributed by atoms with Gasteiger partial charge in [0.2, 0.25) is 0 Å². The molecule has 1 saturated carbocycles. The SMILES string of the molecule is C[C@@H]1CCc2c(sc3c2CSC(C(=O)NC2CC2)=C3)C1. The summed E-state index contributed by atoms with van der Waals surface area (Å²) in [5.74, 6) is 1.94. The van der Waals surface area contributed by atoms with Crippen LogP contribution < -0.4 is 5.32 Å². The average Bonchev–Trinajstić information content (AvgIpc) is 3.17. The summed E-state index contributed by atoms with van der Waals surface area (Å²) in [6.07, 6.45) is 8.23. The van der Waals surface area contributed by atoms with Gasteiger partial charge in [-0.3, -0.25) is 4.79 Å². The molecule has 3 aliphatic rings. The van der Waals surface area contributed by atoms with E-state index in [-0.39, 0.29) is 5.91 Å². The predicted octanol–water partition coefficient (Wildman–Crippen LogP) is 3.74. The zero-order valence-electron chi connectivity index (χ0n) is 11.7. The Labute approximate surface area is 128 Å². The Balaban J connectivity index is 1.62. The number of hydrogen-bond acceptors (Lipinski definition) is 3. The van der Waals surface area contributed by atoms with Crippen molar-refractivity contribution in [1.82, 2.24) is 5.32 Å². The van der Waals surface area contributed by atoms with Crippen LogP contribution in [0, 0.1) is 5.92 Å². The molecule has 0 spiro atoms. The van der Waals surface area contributed by atoms with Crippen molar-refractivity contribution < 1.29 is 4.79 Å². The Bertz CT molecular complexity index is 598. The highest BCUT2D eigenvalue weighted by Crippen LogP contribution is 2.43. The van der Waals surface area contributed by atoms with Crippen molar-refractivity contribution in [2.24, 2.45) is 5.92 Å². The molecular weight excluding hydrogens is 286 g/mol. The van der Waals surface area contributed by atoms with Crippen LogP contribution in [0.1, 0.15) is 47.1 Å². The van der Waals surface area contributed by atoms with Crippen molar-refractivity contribution in [3.05, 3.63) is 25.8 Å². The summed E-state index contributed by atoms with van der Waals surface area (Å²) in [4.78, 5) is 16.0. The Morgan fingerprint density at radius 3 is 2.95 bits per heavy atom. The Morgan fingerprint density at radius 2 is 2.15 bits per heavy atom. The molecule has 4 rings (SSSR count). The number of carbonyl (C=O) groups excluding carboxylic acids is 1. The van der Waals surface area contributed by atoms with Gasteiger partial charge in [0.1, 0.15) is 0 Å². The fourth-order valence-electron chi connectivity index (χ4n) is 3.04. The molecule has 2 nitrogen and oxygen atoms in total. The molecule has 20 heavy (non-hydrogen) atoms. The standard InChI is InChI=1S/C16H19NOS2/c1-9-2-5-11-12-8-19-15(16(18)17-10-3-4-10)7-14(12)20-13(11)6-9/h7,9-10H,2-6,8H2,1H3,(H,17,18)/t9-/m1/s1. The Morgan fingerprint density at radius 1 is 1.30 bits per heavy atom. The summed E-state index contributed by atoms with van der Waals surface area (Å²) < 4.78 is 0. The minimum absolute atomic E-state index is 0.142. The van der Waals surface area contributed by atoms with Crippen LogP contribution in [0.25, 0.3) is 6.08 Å². The molecule has 0 aromatic carbocycles. The van der Waals surface area contributed by atoms with Gasteiger partial charge in [-0.15, -0.1) is 23.1 Å². The van der Waals surface area contributed by atoms with E-state index in [1.807, 2.05) is 11.3 Å². The topological polar surface area (TPSA) is 29.1 Å². The molecule has 0 unspecified atom stereocenters. The molecule has 1 atom stereocenters. The van der Waals surface area contributed by atoms with Crippen molar-refractivity contribution in [3.8, 4) is 0 Å². The largest absolute Gasteiger partial charge is 0.349 e. The highest BCUT2D eigenvalue weighted by molar-refractivity contribution is 8.03. The first-order valence-corrected chi connectivity index (χ1v) is 9.29. The van der Waals surface area contributed by atoms with E-state index in [9.17, 15) is 4.79 Å². The zero-order valence-corrected chi connectivity index (χ0v) is 13.3. The second-order valence-corrected chi connectivity index (χ2v) is 8.39. The molecule has 0 bridgehead atoms. The third-order valence-electron chi connectivity index (χ3n) is 4.42. The maximum absolute atomic E-state index is 12.2. The maximum Gasteiger partial charge on any atom is 0.257 e. The zero-order chi connectivity index (χ0) is 13.7. The van der Waals surface area contributed by atoms with E-state index in [1.54, 1.807) is 22.2 Å². The number of hydrogen-bond donors (Lipinski definition) is 1. The van der Waals surface area contributed by atoms with E-state index in [4.69, 9.17) is 0 Å². The molecule has 2 heterocycles. The van der Waals surface area contributed by atoms with Gasteiger partial charge in [-0.2, -0.15) is 0 Å². The quantitative estimate of drug-likeness (QED) is 0.902. The van der Waals surface area contributed by atoms with Crippen LogP contribution in [-0.2, 0) is 23.4 Å². The van der Waals surface area contributed by atoms with E-state index < -0.39 is 0 Å². The lowest BCUT2D eigenvalue weighted by molar-refractivity contribution is -0.116. The van der Waals surface area contributed by atoms with Gasteiger partial charge in [0, 0.05) is 21.5 Å². The molecule has 1 aromatic rings. The van der Waals surface area contributed by atoms with Crippen LogP contribution in [-0.4, -0.2) is 11.9 Å². The Hall–Kier alpha value is -0.740. The lowest BCUT2D eigenvalue weighted by Crippen LogP contribution is -2.26. The molecule has 1 amide bonds. The highest BCUT2D eigenvalue weighted by Gasteiger charge is 2.29. The van der Waals surface area contributed by atoms with E-state index >= 15 is 0 Å². The monoisotopic (exact) mass is 305 g/mol. The second kappa shape index (κ2) is 4.92. The van der Waals surface area contributed by atoms with E-state index in [0.717, 1.165) is 29.4 Å². The molecular formula is C16H19NOS2. The second-order valence-electron chi connectivity index (χ2n) is 6.24. The summed E-state index contributed by atoms with van der Waals surface area (Å²) in [6.45, 7) is 2.35. The third kappa shape index (κ3) is 2.33. The first-order valence-electron chi connectivity index (χ1n) is 7.49. The van der Waals surface area contributed by atoms with Crippen LogP contribution in [0.2, 0.25) is 0 Å². The number of fused-ring (bicyclic) bond motifs is 3. The summed E-state index contributed by atoms with van der Waals surface area (Å²) in [5.41, 5.74) is 3.12. The van der Waals surface area contributed by atoms with Crippen molar-refractivity contribution in [3.63, 3.8) is 0 Å². The van der Waals surface area contributed by atoms with Crippen LogP contribution in [0.3, 0.4) is 0 Å². The summed E-state index contributed by atoms with van der Waals surface area (Å²) in [6, 6.07) is 0.447. The van der Waals surface area contributed by atoms with Crippen molar-refractivity contribution in [1.29, 1.82) is 0 Å². The van der Waals surface area contributed by atoms with Gasteiger partial charge in [0.05, 0.1) is 4.91 Å². The molecule has 0 saturated heterocycles. The van der Waals surface area contributed by atoms with Gasteiger partial charge in [0.25, 0.3) is 5.91 Å². The van der Waals surface area contributed by atoms with E-state index in [0.29, 0.717) is 6.04 Å². The van der Waals surface area contributed by atoms with Crippen LogP contribution in [0.15, 0.2) is 4.91 Å². The molecule has 0 radical (unpaired) electrons. The lowest BCUT2D eigenvalue weighted by atomic mass is 9.88. The fraction of sp³-hybridized carbons (Fsp3) is 0.562. The van der Waals surface area contributed by atoms with Gasteiger partial charge in [-0.1, -0.05) is 6.92 Å². The van der Waals surface area contributed by atoms with Crippen LogP contribution in [0.4, 0.5) is 0 Å². The maximum atomic E-state index is 12.2. The van der Waals surface area contributed by atoms with Crippen LogP contribution >= 0.6 is 23.1 Å². The van der Waals surface area contributed by atoms with Gasteiger partial charge in [0.15, 0.2) is 0 Å². The minimum Gasteiger partial charge on any atom is -0.349 e. The van der Waals surface area contributed by atoms with Crippen molar-refractivity contribution in [2.75, 3.05) is 0 Å².